The number of nitrogens with zero attached hydrogens (tertiary/aromatic N) is 2. The molecule has 114 valence electrons. The maximum Gasteiger partial charge on any atom is 0.331 e. The van der Waals surface area contributed by atoms with E-state index in [2.05, 4.69) is 20.3 Å². The zero-order valence-corrected chi connectivity index (χ0v) is 12.7. The van der Waals surface area contributed by atoms with Crippen LogP contribution in [0.2, 0.25) is 0 Å². The summed E-state index contributed by atoms with van der Waals surface area (Å²) in [7, 11) is 2.80. The van der Waals surface area contributed by atoms with Crippen molar-refractivity contribution in [2.24, 2.45) is 10.2 Å². The molecule has 0 aromatic heterocycles. The number of ether oxygens (including phenoxy) is 2. The van der Waals surface area contributed by atoms with Crippen LogP contribution in [0.4, 0.5) is 0 Å². The van der Waals surface area contributed by atoms with Crippen LogP contribution < -0.4 is 10.1 Å². The lowest BCUT2D eigenvalue weighted by molar-refractivity contribution is -0.135. The van der Waals surface area contributed by atoms with Gasteiger partial charge in [0.1, 0.15) is 5.75 Å². The SMILES string of the molecule is COC(=O)/C=C1/S/C(=N\N=Cc2ccccc2OC)NC1=O. The number of nitrogens with one attached hydrogen (secondary N) is 1. The topological polar surface area (TPSA) is 89.3 Å². The molecule has 1 N–H and O–H groups in total. The van der Waals surface area contributed by atoms with Gasteiger partial charge in [-0.25, -0.2) is 4.79 Å². The van der Waals surface area contributed by atoms with Gasteiger partial charge in [0.2, 0.25) is 0 Å². The fourth-order valence-corrected chi connectivity index (χ4v) is 2.30. The number of methoxy groups -OCH3 is 2. The molecule has 1 amide bonds. The largest absolute Gasteiger partial charge is 0.496 e. The standard InChI is InChI=1S/C14H13N3O4S/c1-20-10-6-4-3-5-9(10)8-15-17-14-16-13(19)11(22-14)7-12(18)21-2/h3-8H,1-2H3,(H,16,17,19)/b11-7+,15-8?. The van der Waals surface area contributed by atoms with Crippen LogP contribution in [0.25, 0.3) is 0 Å². The molecule has 7 nitrogen and oxygen atoms in total. The first-order valence-electron chi connectivity index (χ1n) is 6.17. The van der Waals surface area contributed by atoms with Gasteiger partial charge in [-0.1, -0.05) is 12.1 Å². The summed E-state index contributed by atoms with van der Waals surface area (Å²) < 4.78 is 9.65. The Kier molecular flexibility index (Phi) is 5.31. The average Bonchev–Trinajstić information content (AvgIpc) is 2.87. The van der Waals surface area contributed by atoms with Crippen molar-refractivity contribution in [3.8, 4) is 5.75 Å². The van der Waals surface area contributed by atoms with Crippen LogP contribution in [0.15, 0.2) is 45.4 Å². The fraction of sp³-hybridized carbons (Fsp3) is 0.143. The van der Waals surface area contributed by atoms with E-state index in [1.807, 2.05) is 18.2 Å². The molecule has 22 heavy (non-hydrogen) atoms. The molecule has 1 saturated heterocycles. The minimum Gasteiger partial charge on any atom is -0.496 e. The lowest BCUT2D eigenvalue weighted by Crippen LogP contribution is -2.19. The number of esters is 1. The van der Waals surface area contributed by atoms with E-state index in [1.54, 1.807) is 13.2 Å². The first kappa shape index (κ1) is 15.8. The number of benzene rings is 1. The second-order valence-corrected chi connectivity index (χ2v) is 5.01. The van der Waals surface area contributed by atoms with Crippen LogP contribution in [0.1, 0.15) is 5.56 Å². The predicted molar refractivity (Wildman–Crippen MR) is 83.9 cm³/mol. The number of amidine groups is 1. The molecule has 0 radical (unpaired) electrons. The minimum atomic E-state index is -0.601. The maximum atomic E-state index is 11.6. The molecule has 0 bridgehead atoms. The fourth-order valence-electron chi connectivity index (χ4n) is 1.56. The number of hydrogen-bond acceptors (Lipinski definition) is 7. The van der Waals surface area contributed by atoms with Gasteiger partial charge in [-0.05, 0) is 23.9 Å². The van der Waals surface area contributed by atoms with E-state index in [9.17, 15) is 9.59 Å². The molecule has 1 fully saturated rings. The van der Waals surface area contributed by atoms with E-state index in [-0.39, 0.29) is 10.1 Å². The van der Waals surface area contributed by atoms with Crippen LogP contribution in [0.5, 0.6) is 5.75 Å². The highest BCUT2D eigenvalue weighted by atomic mass is 32.2. The van der Waals surface area contributed by atoms with Gasteiger partial charge in [-0.15, -0.1) is 5.10 Å². The van der Waals surface area contributed by atoms with E-state index in [0.717, 1.165) is 23.4 Å². The van der Waals surface area contributed by atoms with Crippen LogP contribution in [-0.2, 0) is 14.3 Å². The summed E-state index contributed by atoms with van der Waals surface area (Å²) in [5.41, 5.74) is 0.758. The van der Waals surface area contributed by atoms with Crippen LogP contribution in [0.3, 0.4) is 0 Å². The molecule has 8 heteroatoms. The lowest BCUT2D eigenvalue weighted by atomic mass is 10.2. The monoisotopic (exact) mass is 319 g/mol. The molecule has 0 unspecified atom stereocenters. The zero-order valence-electron chi connectivity index (χ0n) is 11.9. The third-order valence-corrected chi connectivity index (χ3v) is 3.49. The molecule has 2 rings (SSSR count). The Morgan fingerprint density at radius 2 is 2.09 bits per heavy atom. The number of carbonyl (C=O) groups is 2. The van der Waals surface area contributed by atoms with Gasteiger partial charge in [0.25, 0.3) is 5.91 Å². The highest BCUT2D eigenvalue weighted by Crippen LogP contribution is 2.23. The molecule has 1 aromatic carbocycles. The Hall–Kier alpha value is -2.61. The van der Waals surface area contributed by atoms with E-state index >= 15 is 0 Å². The lowest BCUT2D eigenvalue weighted by Gasteiger charge is -2.01. The van der Waals surface area contributed by atoms with Gasteiger partial charge in [0.15, 0.2) is 5.17 Å². The first-order valence-corrected chi connectivity index (χ1v) is 6.98. The van der Waals surface area contributed by atoms with Gasteiger partial charge in [-0.2, -0.15) is 5.10 Å². The second kappa shape index (κ2) is 7.41. The third-order valence-electron chi connectivity index (χ3n) is 2.59. The van der Waals surface area contributed by atoms with Crippen molar-refractivity contribution in [3.63, 3.8) is 0 Å². The molecule has 0 atom stereocenters. The number of thioether (sulfide) groups is 1. The number of rotatable bonds is 4. The Labute approximate surface area is 131 Å². The van der Waals surface area contributed by atoms with Crippen LogP contribution in [0, 0.1) is 0 Å². The third kappa shape index (κ3) is 3.95. The molecule has 1 heterocycles. The Balaban J connectivity index is 2.09. The first-order chi connectivity index (χ1) is 10.6. The molecular formula is C14H13N3O4S. The van der Waals surface area contributed by atoms with E-state index in [4.69, 9.17) is 4.74 Å². The Morgan fingerprint density at radius 1 is 1.32 bits per heavy atom. The van der Waals surface area contributed by atoms with Crippen molar-refractivity contribution in [2.75, 3.05) is 14.2 Å². The van der Waals surface area contributed by atoms with Crippen molar-refractivity contribution in [1.82, 2.24) is 5.32 Å². The molecule has 1 aliphatic rings. The average molecular weight is 319 g/mol. The number of hydrogen-bond donors (Lipinski definition) is 1. The second-order valence-electron chi connectivity index (χ2n) is 3.98. The van der Waals surface area contributed by atoms with Crippen molar-refractivity contribution in [1.29, 1.82) is 0 Å². The van der Waals surface area contributed by atoms with Gasteiger partial charge >= 0.3 is 5.97 Å². The molecular weight excluding hydrogens is 306 g/mol. The Bertz CT molecular complexity index is 682. The summed E-state index contributed by atoms with van der Waals surface area (Å²) in [5.74, 6) is -0.348. The summed E-state index contributed by atoms with van der Waals surface area (Å²) in [6, 6.07) is 7.32. The van der Waals surface area contributed by atoms with Gasteiger partial charge in [-0.3, -0.25) is 10.1 Å². The normalized spacial score (nSPS) is 18.0. The molecule has 0 aliphatic carbocycles. The minimum absolute atomic E-state index is 0.207. The quantitative estimate of drug-likeness (QED) is 0.391. The molecule has 0 saturated carbocycles. The smallest absolute Gasteiger partial charge is 0.331 e. The van der Waals surface area contributed by atoms with E-state index in [1.165, 1.54) is 13.3 Å². The highest BCUT2D eigenvalue weighted by Gasteiger charge is 2.24. The van der Waals surface area contributed by atoms with Gasteiger partial charge in [0, 0.05) is 11.6 Å². The molecule has 1 aliphatic heterocycles. The Morgan fingerprint density at radius 3 is 2.82 bits per heavy atom. The summed E-state index contributed by atoms with van der Waals surface area (Å²) in [5, 5.41) is 10.6. The summed E-state index contributed by atoms with van der Waals surface area (Å²) >= 11 is 1.01. The zero-order chi connectivity index (χ0) is 15.9. The summed E-state index contributed by atoms with van der Waals surface area (Å²) in [6.07, 6.45) is 2.62. The summed E-state index contributed by atoms with van der Waals surface area (Å²) in [6.45, 7) is 0. The van der Waals surface area contributed by atoms with Crippen LogP contribution in [-0.4, -0.2) is 37.5 Å². The van der Waals surface area contributed by atoms with Crippen molar-refractivity contribution < 1.29 is 19.1 Å². The van der Waals surface area contributed by atoms with Gasteiger partial charge < -0.3 is 9.47 Å². The molecule has 1 aromatic rings. The number of para-hydroxylation sites is 1. The van der Waals surface area contributed by atoms with Crippen LogP contribution >= 0.6 is 11.8 Å². The highest BCUT2D eigenvalue weighted by molar-refractivity contribution is 8.18. The van der Waals surface area contributed by atoms with Crippen molar-refractivity contribution in [2.45, 2.75) is 0 Å². The molecule has 0 spiro atoms. The number of amides is 1. The summed E-state index contributed by atoms with van der Waals surface area (Å²) in [4.78, 5) is 22.9. The maximum absolute atomic E-state index is 11.6. The van der Waals surface area contributed by atoms with Crippen molar-refractivity contribution in [3.05, 3.63) is 40.8 Å². The van der Waals surface area contributed by atoms with Gasteiger partial charge in [0.05, 0.1) is 25.3 Å². The predicted octanol–water partition coefficient (Wildman–Crippen LogP) is 1.30. The van der Waals surface area contributed by atoms with Crippen molar-refractivity contribution >= 4 is 35.0 Å². The number of carbonyl (C=O) groups excluding carboxylic acids is 2. The van der Waals surface area contributed by atoms with E-state index in [0.29, 0.717) is 5.75 Å². The van der Waals surface area contributed by atoms with E-state index < -0.39 is 11.9 Å².